The van der Waals surface area contributed by atoms with Crippen molar-refractivity contribution in [3.05, 3.63) is 47.6 Å². The molecule has 3 rings (SSSR count). The number of allylic oxidation sites excluding steroid dienone is 2. The number of Topliss-reactive ketones (excluding diaryl/α,β-unsaturated/α-hetero) is 1. The fourth-order valence-electron chi connectivity index (χ4n) is 4.26. The minimum absolute atomic E-state index is 0.00514. The van der Waals surface area contributed by atoms with Crippen LogP contribution in [0.2, 0.25) is 0 Å². The molecule has 1 aromatic carbocycles. The van der Waals surface area contributed by atoms with Gasteiger partial charge in [-0.3, -0.25) is 9.59 Å². The predicted octanol–water partition coefficient (Wildman–Crippen LogP) is 4.45. The maximum absolute atomic E-state index is 12.6. The Bertz CT molecular complexity index is 850. The van der Waals surface area contributed by atoms with E-state index in [1.807, 2.05) is 6.92 Å². The van der Waals surface area contributed by atoms with Gasteiger partial charge >= 0.3 is 5.97 Å². The lowest BCUT2D eigenvalue weighted by atomic mass is 9.86. The van der Waals surface area contributed by atoms with Gasteiger partial charge in [-0.2, -0.15) is 0 Å². The molecule has 0 saturated heterocycles. The Morgan fingerprint density at radius 3 is 2.46 bits per heavy atom. The number of ketones is 1. The fourth-order valence-corrected chi connectivity index (χ4v) is 4.26. The number of anilines is 1. The quantitative estimate of drug-likeness (QED) is 0.475. The van der Waals surface area contributed by atoms with E-state index in [-0.39, 0.29) is 17.6 Å². The summed E-state index contributed by atoms with van der Waals surface area (Å²) in [6.07, 6.45) is 3.16. The number of amides is 1. The number of carbonyl (C=O) groups excluding carboxylic acids is 3. The van der Waals surface area contributed by atoms with E-state index in [2.05, 4.69) is 18.8 Å². The molecule has 1 aromatic rings. The molecule has 5 nitrogen and oxygen atoms in total. The Hall–Kier alpha value is -2.69. The summed E-state index contributed by atoms with van der Waals surface area (Å²) in [6, 6.07) is 6.65. The van der Waals surface area contributed by atoms with Gasteiger partial charge in [-0.15, -0.1) is 0 Å². The molecule has 2 aliphatic rings. The number of fused-ring (bicyclic) bond motifs is 1. The summed E-state index contributed by atoms with van der Waals surface area (Å²) in [7, 11) is 0. The normalized spacial score (nSPS) is 24.4. The molecule has 1 amide bonds. The number of hydrogen-bond acceptors (Lipinski definition) is 4. The van der Waals surface area contributed by atoms with Crippen molar-refractivity contribution in [2.45, 2.75) is 46.5 Å². The zero-order chi connectivity index (χ0) is 20.4. The zero-order valence-corrected chi connectivity index (χ0v) is 16.7. The molecule has 0 spiro atoms. The number of benzene rings is 1. The lowest BCUT2D eigenvalue weighted by molar-refractivity contribution is -0.130. The third-order valence-electron chi connectivity index (χ3n) is 6.02. The molecule has 0 heterocycles. The van der Waals surface area contributed by atoms with Crippen LogP contribution >= 0.6 is 0 Å². The lowest BCUT2D eigenvalue weighted by Crippen LogP contribution is -2.18. The first-order valence-corrected chi connectivity index (χ1v) is 9.77. The molecule has 1 fully saturated rings. The molecular formula is C23H27NO4. The first-order chi connectivity index (χ1) is 13.3. The second kappa shape index (κ2) is 8.13. The number of ether oxygens (including phenoxy) is 1. The highest BCUT2D eigenvalue weighted by molar-refractivity contribution is 5.99. The second-order valence-corrected chi connectivity index (χ2v) is 7.96. The molecule has 0 aliphatic heterocycles. The summed E-state index contributed by atoms with van der Waals surface area (Å²) in [4.78, 5) is 35.9. The van der Waals surface area contributed by atoms with E-state index < -0.39 is 5.97 Å². The van der Waals surface area contributed by atoms with Crippen molar-refractivity contribution in [3.63, 3.8) is 0 Å². The van der Waals surface area contributed by atoms with E-state index >= 15 is 0 Å². The fraction of sp³-hybridized carbons (Fsp3) is 0.435. The van der Waals surface area contributed by atoms with Crippen LogP contribution in [0.4, 0.5) is 5.69 Å². The smallest absolute Gasteiger partial charge is 0.339 e. The van der Waals surface area contributed by atoms with Crippen molar-refractivity contribution < 1.29 is 19.1 Å². The zero-order valence-electron chi connectivity index (χ0n) is 16.7. The highest BCUT2D eigenvalue weighted by Crippen LogP contribution is 2.45. The van der Waals surface area contributed by atoms with Gasteiger partial charge in [0.05, 0.1) is 0 Å². The number of rotatable bonds is 4. The van der Waals surface area contributed by atoms with Crippen LogP contribution in [0, 0.1) is 17.8 Å². The summed E-state index contributed by atoms with van der Waals surface area (Å²) >= 11 is 0. The van der Waals surface area contributed by atoms with Gasteiger partial charge in [0.1, 0.15) is 5.75 Å². The largest absolute Gasteiger partial charge is 0.423 e. The van der Waals surface area contributed by atoms with Crippen molar-refractivity contribution in [1.29, 1.82) is 0 Å². The molecule has 5 heteroatoms. The van der Waals surface area contributed by atoms with E-state index in [0.29, 0.717) is 41.7 Å². The monoisotopic (exact) mass is 381 g/mol. The molecule has 2 aliphatic carbocycles. The molecular weight excluding hydrogens is 354 g/mol. The van der Waals surface area contributed by atoms with Gasteiger partial charge in [-0.05, 0) is 73.8 Å². The summed E-state index contributed by atoms with van der Waals surface area (Å²) < 4.78 is 5.48. The van der Waals surface area contributed by atoms with Crippen LogP contribution < -0.4 is 10.1 Å². The van der Waals surface area contributed by atoms with Gasteiger partial charge in [0.25, 0.3) is 0 Å². The van der Waals surface area contributed by atoms with Crippen molar-refractivity contribution in [2.75, 3.05) is 5.32 Å². The Balaban J connectivity index is 1.68. The minimum Gasteiger partial charge on any atom is -0.423 e. The number of hydrogen-bond donors (Lipinski definition) is 1. The van der Waals surface area contributed by atoms with Crippen LogP contribution in [0.5, 0.6) is 5.75 Å². The molecule has 0 bridgehead atoms. The SMILES string of the molecule is C=C(C(=O)Oc1ccc(NC(C)=O)cc1)[C@H]1CCC(C)C2CC(=O)C(C)=C2C1. The average molecular weight is 381 g/mol. The van der Waals surface area contributed by atoms with Crippen LogP contribution in [0.3, 0.4) is 0 Å². The van der Waals surface area contributed by atoms with Gasteiger partial charge in [-0.25, -0.2) is 4.79 Å². The van der Waals surface area contributed by atoms with Gasteiger partial charge in [0, 0.05) is 24.6 Å². The topological polar surface area (TPSA) is 72.5 Å². The van der Waals surface area contributed by atoms with Crippen molar-refractivity contribution in [1.82, 2.24) is 0 Å². The van der Waals surface area contributed by atoms with Crippen molar-refractivity contribution in [3.8, 4) is 5.75 Å². The molecule has 1 saturated carbocycles. The predicted molar refractivity (Wildman–Crippen MR) is 108 cm³/mol. The number of nitrogens with one attached hydrogen (secondary N) is 1. The summed E-state index contributed by atoms with van der Waals surface area (Å²) in [5.41, 5.74) is 3.17. The molecule has 148 valence electrons. The van der Waals surface area contributed by atoms with Crippen LogP contribution in [0.25, 0.3) is 0 Å². The van der Waals surface area contributed by atoms with Crippen molar-refractivity contribution >= 4 is 23.3 Å². The third-order valence-corrected chi connectivity index (χ3v) is 6.02. The van der Waals surface area contributed by atoms with E-state index in [1.54, 1.807) is 24.3 Å². The van der Waals surface area contributed by atoms with Crippen LogP contribution in [-0.4, -0.2) is 17.7 Å². The van der Waals surface area contributed by atoms with Crippen LogP contribution in [0.15, 0.2) is 47.6 Å². The Kier molecular flexibility index (Phi) is 5.82. The van der Waals surface area contributed by atoms with Crippen LogP contribution in [0.1, 0.15) is 46.5 Å². The standard InChI is InChI=1S/C23H27NO4/c1-13-5-6-17(11-21-15(3)22(26)12-20(13)21)14(2)23(27)28-19-9-7-18(8-10-19)24-16(4)25/h7-10,13,17,20H,2,5-6,11-12H2,1,3-4H3,(H,24,25)/t13?,17-,20?/m0/s1. The first kappa shape index (κ1) is 20.1. The van der Waals surface area contributed by atoms with E-state index in [1.165, 1.54) is 12.5 Å². The summed E-state index contributed by atoms with van der Waals surface area (Å²) in [5, 5.41) is 2.67. The second-order valence-electron chi connectivity index (χ2n) is 7.96. The Labute approximate surface area is 165 Å². The van der Waals surface area contributed by atoms with Gasteiger partial charge in [0.2, 0.25) is 5.91 Å². The average Bonchev–Trinajstić information content (AvgIpc) is 2.83. The molecule has 28 heavy (non-hydrogen) atoms. The molecule has 3 atom stereocenters. The molecule has 0 aromatic heterocycles. The minimum atomic E-state index is -0.439. The van der Waals surface area contributed by atoms with E-state index in [0.717, 1.165) is 18.4 Å². The summed E-state index contributed by atoms with van der Waals surface area (Å²) in [5.74, 6) is 0.787. The molecule has 0 radical (unpaired) electrons. The maximum Gasteiger partial charge on any atom is 0.339 e. The van der Waals surface area contributed by atoms with Gasteiger partial charge < -0.3 is 10.1 Å². The number of esters is 1. The highest BCUT2D eigenvalue weighted by Gasteiger charge is 2.38. The van der Waals surface area contributed by atoms with Crippen molar-refractivity contribution in [2.24, 2.45) is 17.8 Å². The first-order valence-electron chi connectivity index (χ1n) is 9.77. The van der Waals surface area contributed by atoms with Crippen LogP contribution in [-0.2, 0) is 14.4 Å². The lowest BCUT2D eigenvalue weighted by Gasteiger charge is -2.19. The maximum atomic E-state index is 12.6. The van der Waals surface area contributed by atoms with Gasteiger partial charge in [0.15, 0.2) is 5.78 Å². The van der Waals surface area contributed by atoms with Gasteiger partial charge in [-0.1, -0.05) is 19.1 Å². The van der Waals surface area contributed by atoms with E-state index in [9.17, 15) is 14.4 Å². The van der Waals surface area contributed by atoms with E-state index in [4.69, 9.17) is 4.74 Å². The number of carbonyl (C=O) groups is 3. The summed E-state index contributed by atoms with van der Waals surface area (Å²) in [6.45, 7) is 9.55. The highest BCUT2D eigenvalue weighted by atomic mass is 16.5. The third kappa shape index (κ3) is 4.24. The Morgan fingerprint density at radius 2 is 1.82 bits per heavy atom. The Morgan fingerprint density at radius 1 is 1.14 bits per heavy atom. The molecule has 1 N–H and O–H groups in total. The molecule has 2 unspecified atom stereocenters.